The fraction of sp³-hybridized carbons (Fsp3) is 0.385. The van der Waals surface area contributed by atoms with Crippen molar-refractivity contribution in [3.8, 4) is 0 Å². The van der Waals surface area contributed by atoms with E-state index in [1.807, 2.05) is 0 Å². The third kappa shape index (κ3) is 3.13. The van der Waals surface area contributed by atoms with Crippen LogP contribution in [0, 0.1) is 10.1 Å². The maximum absolute atomic E-state index is 12.5. The minimum absolute atomic E-state index is 0.0953. The predicted molar refractivity (Wildman–Crippen MR) is 76.5 cm³/mol. The third-order valence-electron chi connectivity index (χ3n) is 3.16. The number of benzene rings is 1. The molecule has 1 aromatic carbocycles. The molecular formula is C13H15ClN2O5. The molecule has 0 fully saturated rings. The van der Waals surface area contributed by atoms with Crippen molar-refractivity contribution in [1.82, 2.24) is 4.90 Å². The number of nitro benzene ring substituents is 1. The van der Waals surface area contributed by atoms with Crippen molar-refractivity contribution in [2.45, 2.75) is 26.3 Å². The summed E-state index contributed by atoms with van der Waals surface area (Å²) in [7, 11) is 0. The van der Waals surface area contributed by atoms with Gasteiger partial charge in [0.1, 0.15) is 10.6 Å². The first-order valence-electron chi connectivity index (χ1n) is 6.12. The van der Waals surface area contributed by atoms with Gasteiger partial charge in [-0.2, -0.15) is 0 Å². The minimum atomic E-state index is -1.46. The van der Waals surface area contributed by atoms with E-state index in [-0.39, 0.29) is 17.1 Å². The lowest BCUT2D eigenvalue weighted by atomic mass is 10.0. The van der Waals surface area contributed by atoms with Crippen molar-refractivity contribution in [2.24, 2.45) is 0 Å². The van der Waals surface area contributed by atoms with Gasteiger partial charge in [0.25, 0.3) is 11.6 Å². The van der Waals surface area contributed by atoms with Gasteiger partial charge in [-0.3, -0.25) is 14.9 Å². The van der Waals surface area contributed by atoms with Crippen molar-refractivity contribution in [1.29, 1.82) is 0 Å². The minimum Gasteiger partial charge on any atom is -0.480 e. The Balaban J connectivity index is 3.34. The van der Waals surface area contributed by atoms with E-state index in [1.165, 1.54) is 32.0 Å². The molecule has 0 aliphatic rings. The van der Waals surface area contributed by atoms with Crippen molar-refractivity contribution in [3.05, 3.63) is 38.9 Å². The summed E-state index contributed by atoms with van der Waals surface area (Å²) in [6.07, 6.45) is 0. The first kappa shape index (κ1) is 16.9. The summed E-state index contributed by atoms with van der Waals surface area (Å²) in [6, 6.07) is 3.84. The molecule has 0 aliphatic heterocycles. The molecule has 0 spiro atoms. The largest absolute Gasteiger partial charge is 0.480 e. The van der Waals surface area contributed by atoms with E-state index < -0.39 is 28.0 Å². The van der Waals surface area contributed by atoms with Gasteiger partial charge in [-0.25, -0.2) is 4.79 Å². The van der Waals surface area contributed by atoms with Gasteiger partial charge in [-0.15, -0.1) is 0 Å². The maximum atomic E-state index is 12.5. The number of carboxylic acid groups (broad SMARTS) is 1. The number of nitrogens with zero attached hydrogens (tertiary/aromatic N) is 2. The number of halogens is 1. The average molecular weight is 315 g/mol. The molecule has 21 heavy (non-hydrogen) atoms. The number of likely N-dealkylation sites (N-methyl/N-ethyl adjacent to an activating group) is 1. The first-order chi connectivity index (χ1) is 9.64. The molecule has 0 atom stereocenters. The van der Waals surface area contributed by atoms with Gasteiger partial charge in [-0.1, -0.05) is 17.7 Å². The Morgan fingerprint density at radius 2 is 2.00 bits per heavy atom. The quantitative estimate of drug-likeness (QED) is 0.665. The van der Waals surface area contributed by atoms with Crippen molar-refractivity contribution in [3.63, 3.8) is 0 Å². The maximum Gasteiger partial charge on any atom is 0.329 e. The number of carbonyl (C=O) groups excluding carboxylic acids is 1. The van der Waals surface area contributed by atoms with Crippen LogP contribution < -0.4 is 0 Å². The van der Waals surface area contributed by atoms with Crippen molar-refractivity contribution in [2.75, 3.05) is 6.54 Å². The normalized spacial score (nSPS) is 11.0. The molecule has 1 rings (SSSR count). The second-order valence-corrected chi connectivity index (χ2v) is 5.19. The Kier molecular flexibility index (Phi) is 4.90. The van der Waals surface area contributed by atoms with E-state index in [2.05, 4.69) is 0 Å². The predicted octanol–water partition coefficient (Wildman–Crippen LogP) is 2.57. The zero-order valence-electron chi connectivity index (χ0n) is 11.8. The van der Waals surface area contributed by atoms with Gasteiger partial charge >= 0.3 is 5.97 Å². The van der Waals surface area contributed by atoms with Crippen LogP contribution in [-0.4, -0.2) is 38.9 Å². The Bertz CT molecular complexity index is 600. The Hall–Kier alpha value is -2.15. The summed E-state index contributed by atoms with van der Waals surface area (Å²) in [6.45, 7) is 4.50. The molecule has 0 radical (unpaired) electrons. The smallest absolute Gasteiger partial charge is 0.329 e. The molecule has 7 nitrogen and oxygen atoms in total. The van der Waals surface area contributed by atoms with Crippen LogP contribution in [0.2, 0.25) is 5.02 Å². The van der Waals surface area contributed by atoms with Crippen LogP contribution in [0.4, 0.5) is 5.69 Å². The van der Waals surface area contributed by atoms with Gasteiger partial charge in [-0.05, 0) is 26.8 Å². The molecular weight excluding hydrogens is 300 g/mol. The van der Waals surface area contributed by atoms with Gasteiger partial charge in [0, 0.05) is 12.6 Å². The summed E-state index contributed by atoms with van der Waals surface area (Å²) < 4.78 is 0. The van der Waals surface area contributed by atoms with E-state index >= 15 is 0 Å². The van der Waals surface area contributed by atoms with Gasteiger partial charge in [0.15, 0.2) is 0 Å². The molecule has 0 heterocycles. The van der Waals surface area contributed by atoms with E-state index in [1.54, 1.807) is 6.92 Å². The second-order valence-electron chi connectivity index (χ2n) is 4.81. The van der Waals surface area contributed by atoms with Crippen LogP contribution >= 0.6 is 11.6 Å². The number of hydrogen-bond acceptors (Lipinski definition) is 4. The Morgan fingerprint density at radius 3 is 2.43 bits per heavy atom. The summed E-state index contributed by atoms with van der Waals surface area (Å²) in [4.78, 5) is 35.0. The number of amides is 1. The summed E-state index contributed by atoms with van der Waals surface area (Å²) >= 11 is 5.89. The standard InChI is InChI=1S/C13H15ClN2O5/c1-4-15(13(2,3)12(18)19)11(17)8-6-5-7-9(10(8)14)16(20)21/h5-7H,4H2,1-3H3,(H,18,19). The van der Waals surface area contributed by atoms with E-state index in [0.29, 0.717) is 0 Å². The molecule has 1 N–H and O–H groups in total. The Morgan fingerprint density at radius 1 is 1.43 bits per heavy atom. The highest BCUT2D eigenvalue weighted by molar-refractivity contribution is 6.35. The van der Waals surface area contributed by atoms with Gasteiger partial charge in [0.05, 0.1) is 10.5 Å². The SMILES string of the molecule is CCN(C(=O)c1cccc([N+](=O)[O-])c1Cl)C(C)(C)C(=O)O. The molecule has 8 heteroatoms. The van der Waals surface area contributed by atoms with Gasteiger partial charge in [0.2, 0.25) is 0 Å². The first-order valence-corrected chi connectivity index (χ1v) is 6.50. The molecule has 0 saturated heterocycles. The lowest BCUT2D eigenvalue weighted by molar-refractivity contribution is -0.384. The lowest BCUT2D eigenvalue weighted by Gasteiger charge is -2.34. The highest BCUT2D eigenvalue weighted by Gasteiger charge is 2.38. The molecule has 1 aromatic rings. The van der Waals surface area contributed by atoms with Gasteiger partial charge < -0.3 is 10.0 Å². The molecule has 114 valence electrons. The van der Waals surface area contributed by atoms with Crippen LogP contribution in [-0.2, 0) is 4.79 Å². The van der Waals surface area contributed by atoms with Crippen LogP contribution in [0.25, 0.3) is 0 Å². The zero-order chi connectivity index (χ0) is 16.4. The molecule has 0 unspecified atom stereocenters. The number of rotatable bonds is 5. The highest BCUT2D eigenvalue weighted by Crippen LogP contribution is 2.30. The number of aliphatic carboxylic acids is 1. The van der Waals surface area contributed by atoms with E-state index in [9.17, 15) is 24.8 Å². The van der Waals surface area contributed by atoms with E-state index in [0.717, 1.165) is 4.90 Å². The number of carboxylic acids is 1. The second kappa shape index (κ2) is 6.09. The summed E-state index contributed by atoms with van der Waals surface area (Å²) in [5, 5.41) is 19.8. The van der Waals surface area contributed by atoms with Crippen LogP contribution in [0.15, 0.2) is 18.2 Å². The van der Waals surface area contributed by atoms with Crippen LogP contribution in [0.5, 0.6) is 0 Å². The van der Waals surface area contributed by atoms with Crippen LogP contribution in [0.1, 0.15) is 31.1 Å². The highest BCUT2D eigenvalue weighted by atomic mass is 35.5. The van der Waals surface area contributed by atoms with Crippen molar-refractivity contribution < 1.29 is 19.6 Å². The fourth-order valence-corrected chi connectivity index (χ4v) is 2.16. The third-order valence-corrected chi connectivity index (χ3v) is 3.56. The fourth-order valence-electron chi connectivity index (χ4n) is 1.88. The summed E-state index contributed by atoms with van der Waals surface area (Å²) in [5.74, 6) is -1.85. The monoisotopic (exact) mass is 314 g/mol. The number of hydrogen-bond donors (Lipinski definition) is 1. The molecule has 1 amide bonds. The number of carbonyl (C=O) groups is 2. The summed E-state index contributed by atoms with van der Waals surface area (Å²) in [5.41, 5.74) is -1.95. The number of nitro groups is 1. The molecule has 0 aliphatic carbocycles. The van der Waals surface area contributed by atoms with Crippen LogP contribution in [0.3, 0.4) is 0 Å². The Labute approximate surface area is 126 Å². The topological polar surface area (TPSA) is 101 Å². The molecule has 0 aromatic heterocycles. The zero-order valence-corrected chi connectivity index (χ0v) is 12.5. The van der Waals surface area contributed by atoms with Crippen molar-refractivity contribution >= 4 is 29.2 Å². The van der Waals surface area contributed by atoms with E-state index in [4.69, 9.17) is 11.6 Å². The lowest BCUT2D eigenvalue weighted by Crippen LogP contribution is -2.53. The average Bonchev–Trinajstić information content (AvgIpc) is 2.38. The molecule has 0 bridgehead atoms. The molecule has 0 saturated carbocycles.